The van der Waals surface area contributed by atoms with E-state index < -0.39 is 5.82 Å². The fraction of sp³-hybridized carbons (Fsp3) is 0.500. The first-order valence-corrected chi connectivity index (χ1v) is 5.49. The zero-order valence-electron chi connectivity index (χ0n) is 9.50. The lowest BCUT2D eigenvalue weighted by Gasteiger charge is -2.05. The molecule has 1 rings (SSSR count). The molecule has 0 aromatic heterocycles. The number of halogens is 1. The van der Waals surface area contributed by atoms with Gasteiger partial charge in [-0.3, -0.25) is 0 Å². The lowest BCUT2D eigenvalue weighted by Crippen LogP contribution is -2.16. The first kappa shape index (κ1) is 12.9. The maximum Gasteiger partial charge on any atom is 0.127 e. The molecule has 1 aromatic rings. The average molecular weight is 227 g/mol. The molecule has 0 aliphatic rings. The standard InChI is InChI=1S/C12H18FNO2/c1-2-16-5-3-4-14-9-10-6-11(13)8-12(15)7-10/h6-8,14-15H,2-5,9H2,1H3. The Labute approximate surface area is 95.2 Å². The Bertz CT molecular complexity index is 298. The molecule has 16 heavy (non-hydrogen) atoms. The van der Waals surface area contributed by atoms with Crippen LogP contribution < -0.4 is 5.32 Å². The predicted molar refractivity (Wildman–Crippen MR) is 60.9 cm³/mol. The van der Waals surface area contributed by atoms with Crippen LogP contribution in [0.25, 0.3) is 0 Å². The molecule has 0 fully saturated rings. The van der Waals surface area contributed by atoms with Gasteiger partial charge in [0.25, 0.3) is 0 Å². The molecule has 0 heterocycles. The maximum atomic E-state index is 12.9. The van der Waals surface area contributed by atoms with Gasteiger partial charge in [0.1, 0.15) is 11.6 Å². The molecule has 0 aliphatic heterocycles. The summed E-state index contributed by atoms with van der Waals surface area (Å²) in [5.41, 5.74) is 0.744. The van der Waals surface area contributed by atoms with Crippen LogP contribution in [0.15, 0.2) is 18.2 Å². The van der Waals surface area contributed by atoms with Crippen molar-refractivity contribution in [2.45, 2.75) is 19.9 Å². The largest absolute Gasteiger partial charge is 0.508 e. The zero-order chi connectivity index (χ0) is 11.8. The van der Waals surface area contributed by atoms with Crippen LogP contribution in [0.1, 0.15) is 18.9 Å². The molecule has 1 aromatic carbocycles. The van der Waals surface area contributed by atoms with Crippen molar-refractivity contribution in [1.29, 1.82) is 0 Å². The van der Waals surface area contributed by atoms with Crippen molar-refractivity contribution in [3.05, 3.63) is 29.6 Å². The highest BCUT2D eigenvalue weighted by Crippen LogP contribution is 2.14. The number of ether oxygens (including phenoxy) is 1. The molecular formula is C12H18FNO2. The second kappa shape index (κ2) is 7.19. The van der Waals surface area contributed by atoms with Crippen molar-refractivity contribution in [1.82, 2.24) is 5.32 Å². The first-order valence-electron chi connectivity index (χ1n) is 5.49. The van der Waals surface area contributed by atoms with Crippen LogP contribution in [0.4, 0.5) is 4.39 Å². The monoisotopic (exact) mass is 227 g/mol. The third-order valence-electron chi connectivity index (χ3n) is 2.12. The predicted octanol–water partition coefficient (Wildman–Crippen LogP) is 2.05. The quantitative estimate of drug-likeness (QED) is 0.700. The maximum absolute atomic E-state index is 12.9. The Morgan fingerprint density at radius 2 is 2.19 bits per heavy atom. The molecule has 3 nitrogen and oxygen atoms in total. The minimum Gasteiger partial charge on any atom is -0.508 e. The van der Waals surface area contributed by atoms with Crippen LogP contribution in [0.5, 0.6) is 5.75 Å². The number of rotatable bonds is 7. The van der Waals surface area contributed by atoms with Crippen LogP contribution in [-0.4, -0.2) is 24.9 Å². The Balaban J connectivity index is 2.21. The first-order chi connectivity index (χ1) is 7.72. The van der Waals surface area contributed by atoms with Crippen LogP contribution in [-0.2, 0) is 11.3 Å². The van der Waals surface area contributed by atoms with Gasteiger partial charge in [-0.05, 0) is 37.6 Å². The Kier molecular flexibility index (Phi) is 5.82. The molecule has 0 saturated heterocycles. The highest BCUT2D eigenvalue weighted by atomic mass is 19.1. The summed E-state index contributed by atoms with van der Waals surface area (Å²) in [6.45, 7) is 4.80. The molecule has 0 radical (unpaired) electrons. The summed E-state index contributed by atoms with van der Waals surface area (Å²) < 4.78 is 18.1. The van der Waals surface area contributed by atoms with E-state index in [0.29, 0.717) is 6.54 Å². The number of phenols is 1. The molecular weight excluding hydrogens is 209 g/mol. The minimum atomic E-state index is -0.411. The molecule has 0 bridgehead atoms. The summed E-state index contributed by atoms with van der Waals surface area (Å²) in [5, 5.41) is 12.3. The molecule has 0 spiro atoms. The van der Waals surface area contributed by atoms with Crippen LogP contribution in [0, 0.1) is 5.82 Å². The third kappa shape index (κ3) is 5.09. The van der Waals surface area contributed by atoms with Gasteiger partial charge in [0.15, 0.2) is 0 Å². The van der Waals surface area contributed by atoms with Gasteiger partial charge in [-0.25, -0.2) is 4.39 Å². The van der Waals surface area contributed by atoms with E-state index in [4.69, 9.17) is 4.74 Å². The molecule has 0 atom stereocenters. The van der Waals surface area contributed by atoms with Crippen molar-refractivity contribution < 1.29 is 14.2 Å². The van der Waals surface area contributed by atoms with Crippen LogP contribution in [0.3, 0.4) is 0 Å². The van der Waals surface area contributed by atoms with Crippen molar-refractivity contribution in [3.8, 4) is 5.75 Å². The Morgan fingerprint density at radius 3 is 2.88 bits per heavy atom. The lowest BCUT2D eigenvalue weighted by molar-refractivity contribution is 0.144. The number of nitrogens with one attached hydrogen (secondary N) is 1. The Hall–Kier alpha value is -1.13. The molecule has 90 valence electrons. The molecule has 0 unspecified atom stereocenters. The van der Waals surface area contributed by atoms with E-state index in [-0.39, 0.29) is 5.75 Å². The van der Waals surface area contributed by atoms with Gasteiger partial charge < -0.3 is 15.2 Å². The van der Waals surface area contributed by atoms with Crippen molar-refractivity contribution in [2.24, 2.45) is 0 Å². The number of hydrogen-bond acceptors (Lipinski definition) is 3. The number of aromatic hydroxyl groups is 1. The molecule has 0 aliphatic carbocycles. The highest BCUT2D eigenvalue weighted by molar-refractivity contribution is 5.28. The third-order valence-corrected chi connectivity index (χ3v) is 2.12. The van der Waals surface area contributed by atoms with E-state index in [1.807, 2.05) is 6.92 Å². The second-order valence-electron chi connectivity index (χ2n) is 3.54. The van der Waals surface area contributed by atoms with Gasteiger partial charge in [-0.15, -0.1) is 0 Å². The summed E-state index contributed by atoms with van der Waals surface area (Å²) in [6, 6.07) is 4.06. The lowest BCUT2D eigenvalue weighted by atomic mass is 10.2. The SMILES string of the molecule is CCOCCCNCc1cc(O)cc(F)c1. The van der Waals surface area contributed by atoms with Gasteiger partial charge >= 0.3 is 0 Å². The number of phenolic OH excluding ortho intramolecular Hbond substituents is 1. The fourth-order valence-electron chi connectivity index (χ4n) is 1.41. The normalized spacial score (nSPS) is 10.6. The molecule has 2 N–H and O–H groups in total. The number of benzene rings is 1. The zero-order valence-corrected chi connectivity index (χ0v) is 9.50. The van der Waals surface area contributed by atoms with Crippen LogP contribution in [0.2, 0.25) is 0 Å². The summed E-state index contributed by atoms with van der Waals surface area (Å²) in [5.74, 6) is -0.447. The highest BCUT2D eigenvalue weighted by Gasteiger charge is 1.99. The van der Waals surface area contributed by atoms with Crippen molar-refractivity contribution in [3.63, 3.8) is 0 Å². The van der Waals surface area contributed by atoms with Crippen molar-refractivity contribution >= 4 is 0 Å². The van der Waals surface area contributed by atoms with E-state index in [1.54, 1.807) is 6.07 Å². The second-order valence-corrected chi connectivity index (χ2v) is 3.54. The summed E-state index contributed by atoms with van der Waals surface area (Å²) >= 11 is 0. The van der Waals surface area contributed by atoms with Gasteiger partial charge in [-0.1, -0.05) is 0 Å². The van der Waals surface area contributed by atoms with Gasteiger partial charge in [0.05, 0.1) is 0 Å². The Morgan fingerprint density at radius 1 is 1.38 bits per heavy atom. The van der Waals surface area contributed by atoms with Gasteiger partial charge in [0, 0.05) is 25.8 Å². The van der Waals surface area contributed by atoms with E-state index in [0.717, 1.165) is 37.8 Å². The van der Waals surface area contributed by atoms with E-state index in [1.165, 1.54) is 6.07 Å². The van der Waals surface area contributed by atoms with E-state index in [2.05, 4.69) is 5.32 Å². The van der Waals surface area contributed by atoms with E-state index in [9.17, 15) is 9.50 Å². The molecule has 0 saturated carbocycles. The average Bonchev–Trinajstić information content (AvgIpc) is 2.22. The summed E-state index contributed by atoms with van der Waals surface area (Å²) in [7, 11) is 0. The van der Waals surface area contributed by atoms with E-state index >= 15 is 0 Å². The van der Waals surface area contributed by atoms with Gasteiger partial charge in [0.2, 0.25) is 0 Å². The topological polar surface area (TPSA) is 41.5 Å². The summed E-state index contributed by atoms with van der Waals surface area (Å²) in [4.78, 5) is 0. The van der Waals surface area contributed by atoms with Crippen molar-refractivity contribution in [2.75, 3.05) is 19.8 Å². The fourth-order valence-corrected chi connectivity index (χ4v) is 1.41. The van der Waals surface area contributed by atoms with Gasteiger partial charge in [-0.2, -0.15) is 0 Å². The minimum absolute atomic E-state index is 0.0360. The molecule has 0 amide bonds. The van der Waals surface area contributed by atoms with Crippen LogP contribution >= 0.6 is 0 Å². The smallest absolute Gasteiger partial charge is 0.127 e. The number of hydrogen-bond donors (Lipinski definition) is 2. The summed E-state index contributed by atoms with van der Waals surface area (Å²) in [6.07, 6.45) is 0.926. The molecule has 4 heteroatoms.